The Morgan fingerprint density at radius 1 is 1.38 bits per heavy atom. The number of benzene rings is 1. The molecule has 0 N–H and O–H groups in total. The van der Waals surface area contributed by atoms with Crippen LogP contribution in [0.5, 0.6) is 0 Å². The first-order valence-electron chi connectivity index (χ1n) is 4.12. The molecular weight excluding hydrogens is 275 g/mol. The van der Waals surface area contributed by atoms with E-state index in [-0.39, 0.29) is 5.78 Å². The predicted molar refractivity (Wildman–Crippen MR) is 62.7 cm³/mol. The van der Waals surface area contributed by atoms with Crippen LogP contribution in [0.1, 0.15) is 12.5 Å². The van der Waals surface area contributed by atoms with Crippen molar-refractivity contribution >= 4 is 28.4 Å². The Balaban J connectivity index is 2.64. The summed E-state index contributed by atoms with van der Waals surface area (Å²) in [6, 6.07) is 8.00. The van der Waals surface area contributed by atoms with Crippen LogP contribution in [0, 0.1) is 3.57 Å². The maximum absolute atomic E-state index is 11.2. The second-order valence-electron chi connectivity index (χ2n) is 2.77. The van der Waals surface area contributed by atoms with Crippen molar-refractivity contribution in [2.45, 2.75) is 13.3 Å². The van der Waals surface area contributed by atoms with Crippen molar-refractivity contribution in [3.63, 3.8) is 0 Å². The van der Waals surface area contributed by atoms with E-state index >= 15 is 0 Å². The maximum atomic E-state index is 11.2. The molecule has 0 spiro atoms. The Labute approximate surface area is 92.0 Å². The first-order valence-corrected chi connectivity index (χ1v) is 5.20. The van der Waals surface area contributed by atoms with Crippen LogP contribution in [-0.4, -0.2) is 5.78 Å². The number of rotatable bonds is 3. The van der Waals surface area contributed by atoms with Gasteiger partial charge in [0, 0.05) is 9.99 Å². The molecule has 68 valence electrons. The van der Waals surface area contributed by atoms with Gasteiger partial charge in [-0.15, -0.1) is 0 Å². The van der Waals surface area contributed by atoms with Crippen molar-refractivity contribution in [2.75, 3.05) is 0 Å². The summed E-state index contributed by atoms with van der Waals surface area (Å²) in [4.78, 5) is 11.2. The van der Waals surface area contributed by atoms with E-state index in [1.807, 2.05) is 31.2 Å². The molecule has 2 heteroatoms. The van der Waals surface area contributed by atoms with Gasteiger partial charge in [0.15, 0.2) is 5.78 Å². The standard InChI is InChI=1S/C11H11IO/c1-2-3-11(13)8-9-4-6-10(12)7-5-9/h2-7H,8H2,1H3/b3-2+. The van der Waals surface area contributed by atoms with E-state index in [0.29, 0.717) is 6.42 Å². The van der Waals surface area contributed by atoms with Gasteiger partial charge in [-0.05, 0) is 53.3 Å². The quantitative estimate of drug-likeness (QED) is 0.616. The fraction of sp³-hybridized carbons (Fsp3) is 0.182. The fourth-order valence-electron chi connectivity index (χ4n) is 1.05. The smallest absolute Gasteiger partial charge is 0.159 e. The highest BCUT2D eigenvalue weighted by atomic mass is 127. The zero-order valence-electron chi connectivity index (χ0n) is 7.46. The lowest BCUT2D eigenvalue weighted by Gasteiger charge is -1.97. The largest absolute Gasteiger partial charge is 0.294 e. The second kappa shape index (κ2) is 5.17. The lowest BCUT2D eigenvalue weighted by Crippen LogP contribution is -1.97. The van der Waals surface area contributed by atoms with Crippen molar-refractivity contribution in [1.82, 2.24) is 0 Å². The molecule has 13 heavy (non-hydrogen) atoms. The minimum atomic E-state index is 0.156. The number of hydrogen-bond donors (Lipinski definition) is 0. The molecule has 0 aromatic heterocycles. The Morgan fingerprint density at radius 3 is 2.54 bits per heavy atom. The summed E-state index contributed by atoms with van der Waals surface area (Å²) in [6.45, 7) is 1.85. The molecule has 1 rings (SSSR count). The van der Waals surface area contributed by atoms with Gasteiger partial charge in [-0.25, -0.2) is 0 Å². The summed E-state index contributed by atoms with van der Waals surface area (Å²) >= 11 is 2.25. The first kappa shape index (κ1) is 10.4. The van der Waals surface area contributed by atoms with Gasteiger partial charge in [0.1, 0.15) is 0 Å². The Morgan fingerprint density at radius 2 is 2.00 bits per heavy atom. The highest BCUT2D eigenvalue weighted by Crippen LogP contribution is 2.07. The number of carbonyl (C=O) groups is 1. The molecular formula is C11H11IO. The van der Waals surface area contributed by atoms with Crippen molar-refractivity contribution in [2.24, 2.45) is 0 Å². The van der Waals surface area contributed by atoms with Crippen LogP contribution in [0.3, 0.4) is 0 Å². The van der Waals surface area contributed by atoms with E-state index in [2.05, 4.69) is 22.6 Å². The molecule has 0 heterocycles. The fourth-order valence-corrected chi connectivity index (χ4v) is 1.41. The average Bonchev–Trinajstić information content (AvgIpc) is 2.09. The minimum absolute atomic E-state index is 0.156. The van der Waals surface area contributed by atoms with E-state index in [1.54, 1.807) is 12.2 Å². The van der Waals surface area contributed by atoms with Gasteiger partial charge >= 0.3 is 0 Å². The van der Waals surface area contributed by atoms with Gasteiger partial charge in [-0.1, -0.05) is 18.2 Å². The van der Waals surface area contributed by atoms with Crippen molar-refractivity contribution < 1.29 is 4.79 Å². The van der Waals surface area contributed by atoms with Crippen LogP contribution in [0.15, 0.2) is 36.4 Å². The van der Waals surface area contributed by atoms with Crippen LogP contribution < -0.4 is 0 Å². The molecule has 1 nitrogen and oxygen atoms in total. The summed E-state index contributed by atoms with van der Waals surface area (Å²) in [7, 11) is 0. The molecule has 0 unspecified atom stereocenters. The number of ketones is 1. The van der Waals surface area contributed by atoms with Crippen LogP contribution in [0.4, 0.5) is 0 Å². The minimum Gasteiger partial charge on any atom is -0.294 e. The van der Waals surface area contributed by atoms with Crippen molar-refractivity contribution in [3.05, 3.63) is 45.6 Å². The molecule has 1 aromatic carbocycles. The van der Waals surface area contributed by atoms with Gasteiger partial charge in [-0.3, -0.25) is 4.79 Å². The van der Waals surface area contributed by atoms with E-state index in [4.69, 9.17) is 0 Å². The van der Waals surface area contributed by atoms with E-state index in [0.717, 1.165) is 5.56 Å². The topological polar surface area (TPSA) is 17.1 Å². The van der Waals surface area contributed by atoms with Crippen LogP contribution >= 0.6 is 22.6 Å². The van der Waals surface area contributed by atoms with Gasteiger partial charge in [-0.2, -0.15) is 0 Å². The summed E-state index contributed by atoms with van der Waals surface area (Å²) < 4.78 is 1.19. The van der Waals surface area contributed by atoms with Crippen LogP contribution in [0.25, 0.3) is 0 Å². The molecule has 0 amide bonds. The lowest BCUT2D eigenvalue weighted by atomic mass is 10.1. The molecule has 1 aromatic rings. The van der Waals surface area contributed by atoms with E-state index in [1.165, 1.54) is 3.57 Å². The maximum Gasteiger partial charge on any atom is 0.159 e. The van der Waals surface area contributed by atoms with Gasteiger partial charge in [0.05, 0.1) is 0 Å². The number of hydrogen-bond acceptors (Lipinski definition) is 1. The summed E-state index contributed by atoms with van der Waals surface area (Å²) in [5.74, 6) is 0.156. The SMILES string of the molecule is C/C=C/C(=O)Cc1ccc(I)cc1. The van der Waals surface area contributed by atoms with Gasteiger partial charge in [0.25, 0.3) is 0 Å². The highest BCUT2D eigenvalue weighted by Gasteiger charge is 1.98. The third-order valence-electron chi connectivity index (χ3n) is 1.64. The number of carbonyl (C=O) groups excluding carboxylic acids is 1. The number of allylic oxidation sites excluding steroid dienone is 2. The molecule has 0 radical (unpaired) electrons. The third-order valence-corrected chi connectivity index (χ3v) is 2.36. The molecule has 0 atom stereocenters. The molecule has 0 bridgehead atoms. The Kier molecular flexibility index (Phi) is 4.15. The number of halogens is 1. The van der Waals surface area contributed by atoms with Gasteiger partial charge < -0.3 is 0 Å². The second-order valence-corrected chi connectivity index (χ2v) is 4.02. The average molecular weight is 286 g/mol. The highest BCUT2D eigenvalue weighted by molar-refractivity contribution is 14.1. The molecule has 0 aliphatic heterocycles. The molecule has 0 aliphatic rings. The summed E-state index contributed by atoms with van der Waals surface area (Å²) in [6.07, 6.45) is 3.88. The lowest BCUT2D eigenvalue weighted by molar-refractivity contribution is -0.114. The molecule has 0 fully saturated rings. The molecule has 0 aliphatic carbocycles. The molecule has 0 saturated carbocycles. The Bertz CT molecular complexity index is 311. The van der Waals surface area contributed by atoms with Crippen LogP contribution in [0.2, 0.25) is 0 Å². The Hall–Kier alpha value is -0.640. The van der Waals surface area contributed by atoms with Crippen LogP contribution in [-0.2, 0) is 11.2 Å². The van der Waals surface area contributed by atoms with Crippen molar-refractivity contribution in [3.8, 4) is 0 Å². The zero-order chi connectivity index (χ0) is 9.68. The monoisotopic (exact) mass is 286 g/mol. The summed E-state index contributed by atoms with van der Waals surface area (Å²) in [5, 5.41) is 0. The van der Waals surface area contributed by atoms with Crippen molar-refractivity contribution in [1.29, 1.82) is 0 Å². The normalized spacial score (nSPS) is 10.6. The summed E-state index contributed by atoms with van der Waals surface area (Å²) in [5.41, 5.74) is 1.07. The predicted octanol–water partition coefficient (Wildman–Crippen LogP) is 2.98. The van der Waals surface area contributed by atoms with E-state index in [9.17, 15) is 4.79 Å². The molecule has 0 saturated heterocycles. The third kappa shape index (κ3) is 3.72. The van der Waals surface area contributed by atoms with Gasteiger partial charge in [0.2, 0.25) is 0 Å². The first-order chi connectivity index (χ1) is 6.22. The zero-order valence-corrected chi connectivity index (χ0v) is 9.61. The van der Waals surface area contributed by atoms with E-state index < -0.39 is 0 Å².